The Balaban J connectivity index is 2.07. The highest BCUT2D eigenvalue weighted by Gasteiger charge is 2.46. The zero-order valence-electron chi connectivity index (χ0n) is 12.3. The van der Waals surface area contributed by atoms with Crippen LogP contribution >= 0.6 is 0 Å². The second-order valence-corrected chi connectivity index (χ2v) is 6.50. The maximum Gasteiger partial charge on any atom is 0.303 e. The van der Waals surface area contributed by atoms with Crippen molar-refractivity contribution in [1.29, 1.82) is 0 Å². The van der Waals surface area contributed by atoms with Crippen LogP contribution in [0.25, 0.3) is 0 Å². The molecule has 114 valence electrons. The summed E-state index contributed by atoms with van der Waals surface area (Å²) in [5, 5.41) is 8.85. The third-order valence-electron chi connectivity index (χ3n) is 5.10. The minimum absolute atomic E-state index is 0.0583. The Bertz CT molecular complexity index is 385. The van der Waals surface area contributed by atoms with E-state index in [9.17, 15) is 9.59 Å². The zero-order valence-corrected chi connectivity index (χ0v) is 12.3. The number of nitrogens with two attached hydrogens (primary N) is 1. The third-order valence-corrected chi connectivity index (χ3v) is 5.10. The summed E-state index contributed by atoms with van der Waals surface area (Å²) in [5.41, 5.74) is 5.70. The van der Waals surface area contributed by atoms with Crippen molar-refractivity contribution in [2.45, 2.75) is 70.4 Å². The number of aliphatic carboxylic acids is 1. The van der Waals surface area contributed by atoms with Gasteiger partial charge in [0.15, 0.2) is 0 Å². The fourth-order valence-corrected chi connectivity index (χ4v) is 3.64. The summed E-state index contributed by atoms with van der Waals surface area (Å²) >= 11 is 0. The summed E-state index contributed by atoms with van der Waals surface area (Å²) in [6.45, 7) is 2.74. The van der Waals surface area contributed by atoms with E-state index in [4.69, 9.17) is 10.8 Å². The molecule has 2 fully saturated rings. The van der Waals surface area contributed by atoms with Gasteiger partial charge in [-0.25, -0.2) is 0 Å². The number of nitrogens with zero attached hydrogens (tertiary/aromatic N) is 1. The summed E-state index contributed by atoms with van der Waals surface area (Å²) in [6.07, 6.45) is 6.49. The first kappa shape index (κ1) is 15.3. The molecule has 2 aliphatic rings. The van der Waals surface area contributed by atoms with Crippen molar-refractivity contribution in [2.24, 2.45) is 11.1 Å². The molecule has 3 N–H and O–H groups in total. The Hall–Kier alpha value is -1.10. The molecule has 5 heteroatoms. The van der Waals surface area contributed by atoms with Gasteiger partial charge in [-0.3, -0.25) is 9.59 Å². The molecule has 0 radical (unpaired) electrons. The lowest BCUT2D eigenvalue weighted by Crippen LogP contribution is -2.54. The van der Waals surface area contributed by atoms with E-state index in [1.807, 2.05) is 11.8 Å². The van der Waals surface area contributed by atoms with Gasteiger partial charge in [0, 0.05) is 25.0 Å². The number of hydrogen-bond donors (Lipinski definition) is 2. The van der Waals surface area contributed by atoms with E-state index in [1.54, 1.807) is 0 Å². The molecule has 0 aromatic rings. The van der Waals surface area contributed by atoms with Crippen molar-refractivity contribution >= 4 is 11.9 Å². The van der Waals surface area contributed by atoms with Gasteiger partial charge in [0.05, 0.1) is 5.41 Å². The van der Waals surface area contributed by atoms with E-state index < -0.39 is 11.4 Å². The van der Waals surface area contributed by atoms with Crippen LogP contribution in [0.3, 0.4) is 0 Å². The average Bonchev–Trinajstić information content (AvgIpc) is 2.77. The number of carboxylic acid groups (broad SMARTS) is 1. The quantitative estimate of drug-likeness (QED) is 0.823. The number of hydrogen-bond acceptors (Lipinski definition) is 3. The molecule has 0 spiro atoms. The standard InChI is InChI=1S/C15H26N2O3/c1-15(9-4-6-12(15)16)14(20)17-10-3-2-5-11(17)7-8-13(18)19/h11-12H,2-10,16H2,1H3,(H,18,19). The van der Waals surface area contributed by atoms with Crippen molar-refractivity contribution < 1.29 is 14.7 Å². The van der Waals surface area contributed by atoms with Gasteiger partial charge in [-0.15, -0.1) is 0 Å². The smallest absolute Gasteiger partial charge is 0.303 e. The van der Waals surface area contributed by atoms with E-state index in [-0.39, 0.29) is 24.4 Å². The van der Waals surface area contributed by atoms with Crippen LogP contribution in [-0.2, 0) is 9.59 Å². The fraction of sp³-hybridized carbons (Fsp3) is 0.867. The van der Waals surface area contributed by atoms with Crippen molar-refractivity contribution in [3.05, 3.63) is 0 Å². The number of carboxylic acids is 1. The van der Waals surface area contributed by atoms with Crippen molar-refractivity contribution in [2.75, 3.05) is 6.54 Å². The Morgan fingerprint density at radius 2 is 2.05 bits per heavy atom. The van der Waals surface area contributed by atoms with Crippen LogP contribution in [0.4, 0.5) is 0 Å². The van der Waals surface area contributed by atoms with E-state index in [0.29, 0.717) is 6.42 Å². The van der Waals surface area contributed by atoms with Crippen LogP contribution in [-0.4, -0.2) is 40.5 Å². The lowest BCUT2D eigenvalue weighted by molar-refractivity contribution is -0.147. The number of piperidine rings is 1. The van der Waals surface area contributed by atoms with Gasteiger partial charge < -0.3 is 15.7 Å². The molecular formula is C15H26N2O3. The fourth-order valence-electron chi connectivity index (χ4n) is 3.64. The summed E-state index contributed by atoms with van der Waals surface area (Å²) in [7, 11) is 0. The largest absolute Gasteiger partial charge is 0.481 e. The molecule has 0 bridgehead atoms. The van der Waals surface area contributed by atoms with E-state index >= 15 is 0 Å². The zero-order chi connectivity index (χ0) is 14.8. The minimum Gasteiger partial charge on any atom is -0.481 e. The molecule has 0 aromatic heterocycles. The van der Waals surface area contributed by atoms with Gasteiger partial charge >= 0.3 is 5.97 Å². The first-order valence-electron chi connectivity index (χ1n) is 7.73. The number of rotatable bonds is 4. The van der Waals surface area contributed by atoms with Gasteiger partial charge in [-0.2, -0.15) is 0 Å². The second-order valence-electron chi connectivity index (χ2n) is 6.50. The molecule has 1 aliphatic heterocycles. The Morgan fingerprint density at radius 3 is 2.65 bits per heavy atom. The Kier molecular flexibility index (Phi) is 4.68. The van der Waals surface area contributed by atoms with Gasteiger partial charge in [0.25, 0.3) is 0 Å². The molecule has 3 atom stereocenters. The van der Waals surface area contributed by atoms with Crippen LogP contribution in [0.5, 0.6) is 0 Å². The molecule has 1 saturated heterocycles. The van der Waals surface area contributed by atoms with E-state index in [2.05, 4.69) is 0 Å². The van der Waals surface area contributed by atoms with Crippen LogP contribution in [0.15, 0.2) is 0 Å². The molecule has 1 heterocycles. The summed E-state index contributed by atoms with van der Waals surface area (Å²) in [6, 6.07) is 0.0222. The van der Waals surface area contributed by atoms with Gasteiger partial charge in [0.2, 0.25) is 5.91 Å². The van der Waals surface area contributed by atoms with Crippen LogP contribution in [0.1, 0.15) is 58.3 Å². The maximum atomic E-state index is 12.9. The average molecular weight is 282 g/mol. The summed E-state index contributed by atoms with van der Waals surface area (Å²) in [5.74, 6) is -0.635. The molecule has 3 unspecified atom stereocenters. The summed E-state index contributed by atoms with van der Waals surface area (Å²) < 4.78 is 0. The lowest BCUT2D eigenvalue weighted by Gasteiger charge is -2.41. The molecule has 2 rings (SSSR count). The highest BCUT2D eigenvalue weighted by Crippen LogP contribution is 2.40. The van der Waals surface area contributed by atoms with Crippen LogP contribution in [0, 0.1) is 5.41 Å². The topological polar surface area (TPSA) is 83.6 Å². The minimum atomic E-state index is -0.785. The molecule has 5 nitrogen and oxygen atoms in total. The van der Waals surface area contributed by atoms with Crippen molar-refractivity contribution in [3.63, 3.8) is 0 Å². The molecule has 1 aliphatic carbocycles. The van der Waals surface area contributed by atoms with E-state index in [0.717, 1.165) is 45.1 Å². The first-order chi connectivity index (χ1) is 9.45. The predicted octanol–water partition coefficient (Wildman–Crippen LogP) is 1.75. The van der Waals surface area contributed by atoms with Crippen molar-refractivity contribution in [1.82, 2.24) is 4.90 Å². The highest BCUT2D eigenvalue weighted by molar-refractivity contribution is 5.84. The predicted molar refractivity (Wildman–Crippen MR) is 76.2 cm³/mol. The number of amides is 1. The maximum absolute atomic E-state index is 12.9. The van der Waals surface area contributed by atoms with Gasteiger partial charge in [-0.05, 0) is 45.4 Å². The SMILES string of the molecule is CC1(C(=O)N2CCCCC2CCC(=O)O)CCCC1N. The van der Waals surface area contributed by atoms with Crippen LogP contribution < -0.4 is 5.73 Å². The van der Waals surface area contributed by atoms with Gasteiger partial charge in [0.1, 0.15) is 0 Å². The Morgan fingerprint density at radius 1 is 1.30 bits per heavy atom. The van der Waals surface area contributed by atoms with Crippen LogP contribution in [0.2, 0.25) is 0 Å². The molecule has 20 heavy (non-hydrogen) atoms. The molecule has 1 amide bonds. The number of carbonyl (C=O) groups excluding carboxylic acids is 1. The molecule has 0 aromatic carbocycles. The van der Waals surface area contributed by atoms with Crippen molar-refractivity contribution in [3.8, 4) is 0 Å². The second kappa shape index (κ2) is 6.12. The normalized spacial score (nSPS) is 34.2. The molecule has 1 saturated carbocycles. The first-order valence-corrected chi connectivity index (χ1v) is 7.73. The highest BCUT2D eigenvalue weighted by atomic mass is 16.4. The Labute approximate surface area is 120 Å². The molecular weight excluding hydrogens is 256 g/mol. The number of likely N-dealkylation sites (tertiary alicyclic amines) is 1. The monoisotopic (exact) mass is 282 g/mol. The van der Waals surface area contributed by atoms with Gasteiger partial charge in [-0.1, -0.05) is 6.42 Å². The van der Waals surface area contributed by atoms with E-state index in [1.165, 1.54) is 0 Å². The third kappa shape index (κ3) is 2.97. The summed E-state index contributed by atoms with van der Waals surface area (Å²) in [4.78, 5) is 25.6. The lowest BCUT2D eigenvalue weighted by atomic mass is 9.82. The number of carbonyl (C=O) groups is 2.